The molecule has 0 unspecified atom stereocenters. The second-order valence-electron chi connectivity index (χ2n) is 5.28. The van der Waals surface area contributed by atoms with E-state index in [0.717, 1.165) is 25.7 Å². The van der Waals surface area contributed by atoms with Crippen molar-refractivity contribution in [3.63, 3.8) is 0 Å². The number of nitrogens with zero attached hydrogens (tertiary/aromatic N) is 1. The molecule has 1 aromatic rings. The Morgan fingerprint density at radius 1 is 1.40 bits per heavy atom. The Labute approximate surface area is 117 Å². The number of aromatic nitrogens is 1. The van der Waals surface area contributed by atoms with Crippen molar-refractivity contribution < 1.29 is 9.90 Å². The summed E-state index contributed by atoms with van der Waals surface area (Å²) in [5, 5.41) is 15.5. The molecule has 1 saturated carbocycles. The largest absolute Gasteiger partial charge is 0.388 e. The highest BCUT2D eigenvalue weighted by molar-refractivity contribution is 5.89. The van der Waals surface area contributed by atoms with Crippen LogP contribution in [0.15, 0.2) is 23.1 Å². The zero-order valence-corrected chi connectivity index (χ0v) is 11.7. The van der Waals surface area contributed by atoms with Crippen LogP contribution in [-0.2, 0) is 6.54 Å². The third kappa shape index (κ3) is 3.60. The number of rotatable bonds is 4. The predicted molar refractivity (Wildman–Crippen MR) is 76.8 cm³/mol. The molecule has 0 spiro atoms. The van der Waals surface area contributed by atoms with Gasteiger partial charge in [-0.3, -0.25) is 4.79 Å². The fraction of sp³-hybridized carbons (Fsp3) is 0.571. The molecule has 6 heteroatoms. The van der Waals surface area contributed by atoms with Crippen molar-refractivity contribution >= 4 is 11.7 Å². The lowest BCUT2D eigenvalue weighted by molar-refractivity contribution is 0.0506. The van der Waals surface area contributed by atoms with Crippen molar-refractivity contribution in [2.24, 2.45) is 0 Å². The number of amides is 2. The number of pyridine rings is 1. The molecule has 1 heterocycles. The molecule has 20 heavy (non-hydrogen) atoms. The molecule has 0 bridgehead atoms. The maximum Gasteiger partial charge on any atom is 0.319 e. The molecule has 1 fully saturated rings. The molecule has 1 aliphatic carbocycles. The molecule has 1 aromatic heterocycles. The van der Waals surface area contributed by atoms with Gasteiger partial charge in [-0.05, 0) is 25.8 Å². The van der Waals surface area contributed by atoms with Gasteiger partial charge in [0.1, 0.15) is 0 Å². The molecular formula is C14H21N3O3. The highest BCUT2D eigenvalue weighted by Gasteiger charge is 2.31. The van der Waals surface area contributed by atoms with Crippen LogP contribution in [0.25, 0.3) is 0 Å². The van der Waals surface area contributed by atoms with Gasteiger partial charge < -0.3 is 20.3 Å². The Bertz CT molecular complexity index is 533. The first-order valence-electron chi connectivity index (χ1n) is 7.00. The van der Waals surface area contributed by atoms with E-state index in [1.165, 1.54) is 10.6 Å². The summed E-state index contributed by atoms with van der Waals surface area (Å²) in [7, 11) is 0. The average molecular weight is 279 g/mol. The van der Waals surface area contributed by atoms with E-state index < -0.39 is 5.60 Å². The summed E-state index contributed by atoms with van der Waals surface area (Å²) >= 11 is 0. The molecule has 3 N–H and O–H groups in total. The molecule has 2 amide bonds. The topological polar surface area (TPSA) is 83.4 Å². The van der Waals surface area contributed by atoms with Crippen molar-refractivity contribution in [3.05, 3.63) is 28.7 Å². The predicted octanol–water partition coefficient (Wildman–Crippen LogP) is 1.29. The Balaban J connectivity index is 1.89. The average Bonchev–Trinajstić information content (AvgIpc) is 2.86. The minimum atomic E-state index is -0.764. The van der Waals surface area contributed by atoms with Gasteiger partial charge in [0.05, 0.1) is 11.3 Å². The number of urea groups is 1. The number of anilines is 1. The van der Waals surface area contributed by atoms with Crippen LogP contribution in [-0.4, -0.2) is 27.9 Å². The van der Waals surface area contributed by atoms with Crippen LogP contribution in [0.3, 0.4) is 0 Å². The van der Waals surface area contributed by atoms with Gasteiger partial charge in [-0.1, -0.05) is 12.8 Å². The minimum Gasteiger partial charge on any atom is -0.388 e. The number of aryl methyl sites for hydroxylation is 1. The van der Waals surface area contributed by atoms with Crippen LogP contribution in [0.2, 0.25) is 0 Å². The standard InChI is InChI=1S/C14H21N3O3/c1-2-17-9-11(5-6-12(17)18)16-13(19)15-10-14(20)7-3-4-8-14/h5-6,9,20H,2-4,7-8,10H2,1H3,(H2,15,16,19). The number of carbonyl (C=O) groups is 1. The molecule has 0 atom stereocenters. The summed E-state index contributed by atoms with van der Waals surface area (Å²) in [4.78, 5) is 23.2. The molecule has 0 saturated heterocycles. The third-order valence-electron chi connectivity index (χ3n) is 3.69. The van der Waals surface area contributed by atoms with Gasteiger partial charge >= 0.3 is 6.03 Å². The van der Waals surface area contributed by atoms with E-state index in [1.54, 1.807) is 12.3 Å². The molecular weight excluding hydrogens is 258 g/mol. The number of aliphatic hydroxyl groups is 1. The van der Waals surface area contributed by atoms with Gasteiger partial charge in [0.15, 0.2) is 0 Å². The summed E-state index contributed by atoms with van der Waals surface area (Å²) < 4.78 is 1.51. The number of carbonyl (C=O) groups excluding carboxylic acids is 1. The second kappa shape index (κ2) is 6.09. The molecule has 110 valence electrons. The van der Waals surface area contributed by atoms with Crippen LogP contribution in [0.1, 0.15) is 32.6 Å². The molecule has 0 aliphatic heterocycles. The van der Waals surface area contributed by atoms with E-state index in [0.29, 0.717) is 12.2 Å². The molecule has 0 radical (unpaired) electrons. The van der Waals surface area contributed by atoms with Crippen molar-refractivity contribution in [3.8, 4) is 0 Å². The van der Waals surface area contributed by atoms with E-state index in [2.05, 4.69) is 10.6 Å². The van der Waals surface area contributed by atoms with E-state index in [9.17, 15) is 14.7 Å². The smallest absolute Gasteiger partial charge is 0.319 e. The Kier molecular flexibility index (Phi) is 4.44. The van der Waals surface area contributed by atoms with Crippen LogP contribution >= 0.6 is 0 Å². The van der Waals surface area contributed by atoms with Gasteiger partial charge in [0.25, 0.3) is 5.56 Å². The van der Waals surface area contributed by atoms with Crippen LogP contribution in [0, 0.1) is 0 Å². The molecule has 6 nitrogen and oxygen atoms in total. The maximum atomic E-state index is 11.8. The first-order chi connectivity index (χ1) is 9.52. The minimum absolute atomic E-state index is 0.0984. The Morgan fingerprint density at radius 3 is 2.75 bits per heavy atom. The van der Waals surface area contributed by atoms with Gasteiger partial charge in [-0.15, -0.1) is 0 Å². The fourth-order valence-electron chi connectivity index (χ4n) is 2.48. The van der Waals surface area contributed by atoms with Crippen molar-refractivity contribution in [2.75, 3.05) is 11.9 Å². The lowest BCUT2D eigenvalue weighted by atomic mass is 10.0. The summed E-state index contributed by atoms with van der Waals surface area (Å²) in [6, 6.07) is 2.62. The molecule has 1 aliphatic rings. The fourth-order valence-corrected chi connectivity index (χ4v) is 2.48. The Morgan fingerprint density at radius 2 is 2.10 bits per heavy atom. The maximum absolute atomic E-state index is 11.8. The lowest BCUT2D eigenvalue weighted by Gasteiger charge is -2.22. The van der Waals surface area contributed by atoms with Gasteiger partial charge in [0, 0.05) is 25.4 Å². The van der Waals surface area contributed by atoms with Crippen LogP contribution in [0.5, 0.6) is 0 Å². The van der Waals surface area contributed by atoms with Crippen LogP contribution < -0.4 is 16.2 Å². The number of hydrogen-bond donors (Lipinski definition) is 3. The normalized spacial score (nSPS) is 16.9. The summed E-state index contributed by atoms with van der Waals surface area (Å²) in [6.45, 7) is 2.67. The third-order valence-corrected chi connectivity index (χ3v) is 3.69. The number of hydrogen-bond acceptors (Lipinski definition) is 3. The SMILES string of the molecule is CCn1cc(NC(=O)NCC2(O)CCCC2)ccc1=O. The first-order valence-corrected chi connectivity index (χ1v) is 7.00. The molecule has 2 rings (SSSR count). The van der Waals surface area contributed by atoms with Crippen molar-refractivity contribution in [1.29, 1.82) is 0 Å². The van der Waals surface area contributed by atoms with E-state index in [1.807, 2.05) is 6.92 Å². The zero-order valence-electron chi connectivity index (χ0n) is 11.7. The van der Waals surface area contributed by atoms with Crippen molar-refractivity contribution in [2.45, 2.75) is 44.8 Å². The summed E-state index contributed by atoms with van der Waals surface area (Å²) in [6.07, 6.45) is 5.07. The summed E-state index contributed by atoms with van der Waals surface area (Å²) in [5.41, 5.74) is -0.305. The molecule has 0 aromatic carbocycles. The monoisotopic (exact) mass is 279 g/mol. The van der Waals surface area contributed by atoms with E-state index in [-0.39, 0.29) is 18.1 Å². The quantitative estimate of drug-likeness (QED) is 0.776. The van der Waals surface area contributed by atoms with Crippen molar-refractivity contribution in [1.82, 2.24) is 9.88 Å². The summed E-state index contributed by atoms with van der Waals surface area (Å²) in [5.74, 6) is 0. The van der Waals surface area contributed by atoms with E-state index in [4.69, 9.17) is 0 Å². The second-order valence-corrected chi connectivity index (χ2v) is 5.28. The number of nitrogens with one attached hydrogen (secondary N) is 2. The first kappa shape index (κ1) is 14.6. The van der Waals surface area contributed by atoms with E-state index >= 15 is 0 Å². The zero-order chi connectivity index (χ0) is 14.6. The van der Waals surface area contributed by atoms with Gasteiger partial charge in [0.2, 0.25) is 0 Å². The highest BCUT2D eigenvalue weighted by atomic mass is 16.3. The Hall–Kier alpha value is -1.82. The van der Waals surface area contributed by atoms with Crippen LogP contribution in [0.4, 0.5) is 10.5 Å². The lowest BCUT2D eigenvalue weighted by Crippen LogP contribution is -2.42. The van der Waals surface area contributed by atoms with Gasteiger partial charge in [-0.25, -0.2) is 4.79 Å². The van der Waals surface area contributed by atoms with Gasteiger partial charge in [-0.2, -0.15) is 0 Å². The highest BCUT2D eigenvalue weighted by Crippen LogP contribution is 2.28.